The molecule has 132 valence electrons. The molecule has 1 N–H and O–H groups in total. The number of piperidine rings is 1. The minimum atomic E-state index is -0.285. The zero-order chi connectivity index (χ0) is 17.6. The van der Waals surface area contributed by atoms with Crippen LogP contribution in [0.25, 0.3) is 0 Å². The summed E-state index contributed by atoms with van der Waals surface area (Å²) in [6, 6.07) is 8.04. The molecule has 1 aliphatic rings. The molecule has 2 aromatic rings. The maximum absolute atomic E-state index is 13.1. The van der Waals surface area contributed by atoms with E-state index in [-0.39, 0.29) is 23.7 Å². The molecule has 3 rings (SSSR count). The van der Waals surface area contributed by atoms with Crippen molar-refractivity contribution in [1.82, 2.24) is 10.2 Å². The molecule has 6 heteroatoms. The van der Waals surface area contributed by atoms with Gasteiger partial charge in [0, 0.05) is 25.6 Å². The number of carbonyl (C=O) groups excluding carboxylic acids is 2. The lowest BCUT2D eigenvalue weighted by atomic mass is 10.0. The average Bonchev–Trinajstić information content (AvgIpc) is 3.15. The van der Waals surface area contributed by atoms with Gasteiger partial charge in [-0.05, 0) is 43.0 Å². The predicted octanol–water partition coefficient (Wildman–Crippen LogP) is 2.77. The largest absolute Gasteiger partial charge is 0.472 e. The molecule has 5 nitrogen and oxygen atoms in total. The first-order valence-corrected chi connectivity index (χ1v) is 8.47. The molecule has 1 aromatic carbocycles. The number of benzene rings is 1. The van der Waals surface area contributed by atoms with E-state index >= 15 is 0 Å². The number of carbonyl (C=O) groups is 2. The quantitative estimate of drug-likeness (QED) is 0.907. The molecular formula is C19H21FN2O3. The molecule has 0 unspecified atom stereocenters. The first kappa shape index (κ1) is 17.2. The van der Waals surface area contributed by atoms with Crippen molar-refractivity contribution in [1.29, 1.82) is 0 Å². The molecule has 0 saturated carbocycles. The van der Waals surface area contributed by atoms with Crippen LogP contribution in [0, 0.1) is 5.82 Å². The summed E-state index contributed by atoms with van der Waals surface area (Å²) in [7, 11) is 0. The highest BCUT2D eigenvalue weighted by atomic mass is 19.1. The minimum Gasteiger partial charge on any atom is -0.472 e. The summed E-state index contributed by atoms with van der Waals surface area (Å²) < 4.78 is 18.1. The Morgan fingerprint density at radius 1 is 1.24 bits per heavy atom. The fourth-order valence-corrected chi connectivity index (χ4v) is 3.05. The molecular weight excluding hydrogens is 323 g/mol. The molecule has 25 heavy (non-hydrogen) atoms. The SMILES string of the molecule is O=C(CCc1cccc(F)c1)NC1CCN(C(=O)c2ccoc2)CC1. The van der Waals surface area contributed by atoms with Crippen LogP contribution in [0.5, 0.6) is 0 Å². The van der Waals surface area contributed by atoms with Gasteiger partial charge in [0.2, 0.25) is 5.91 Å². The van der Waals surface area contributed by atoms with Crippen molar-refractivity contribution in [2.45, 2.75) is 31.7 Å². The van der Waals surface area contributed by atoms with Gasteiger partial charge < -0.3 is 14.6 Å². The predicted molar refractivity (Wildman–Crippen MR) is 90.5 cm³/mol. The van der Waals surface area contributed by atoms with Crippen LogP contribution in [0.4, 0.5) is 4.39 Å². The van der Waals surface area contributed by atoms with Crippen molar-refractivity contribution < 1.29 is 18.4 Å². The summed E-state index contributed by atoms with van der Waals surface area (Å²) in [6.07, 6.45) is 5.24. The van der Waals surface area contributed by atoms with Crippen LogP contribution in [0.1, 0.15) is 35.2 Å². The van der Waals surface area contributed by atoms with Gasteiger partial charge in [0.15, 0.2) is 0 Å². The number of aryl methyl sites for hydroxylation is 1. The van der Waals surface area contributed by atoms with Gasteiger partial charge in [-0.1, -0.05) is 12.1 Å². The van der Waals surface area contributed by atoms with E-state index in [1.807, 2.05) is 6.07 Å². The Labute approximate surface area is 145 Å². The van der Waals surface area contributed by atoms with E-state index in [4.69, 9.17) is 4.42 Å². The van der Waals surface area contributed by atoms with Crippen molar-refractivity contribution in [2.75, 3.05) is 13.1 Å². The molecule has 1 aromatic heterocycles. The van der Waals surface area contributed by atoms with Gasteiger partial charge in [-0.2, -0.15) is 0 Å². The molecule has 0 aliphatic carbocycles. The van der Waals surface area contributed by atoms with Crippen molar-refractivity contribution >= 4 is 11.8 Å². The van der Waals surface area contributed by atoms with Crippen LogP contribution in [0.15, 0.2) is 47.3 Å². The summed E-state index contributed by atoms with van der Waals surface area (Å²) in [4.78, 5) is 26.1. The highest BCUT2D eigenvalue weighted by Gasteiger charge is 2.24. The lowest BCUT2D eigenvalue weighted by molar-refractivity contribution is -0.122. The number of hydrogen-bond donors (Lipinski definition) is 1. The lowest BCUT2D eigenvalue weighted by Gasteiger charge is -2.32. The fraction of sp³-hybridized carbons (Fsp3) is 0.368. The average molecular weight is 344 g/mol. The van der Waals surface area contributed by atoms with E-state index in [1.54, 1.807) is 17.0 Å². The summed E-state index contributed by atoms with van der Waals surface area (Å²) in [6.45, 7) is 1.22. The molecule has 1 fully saturated rings. The first-order valence-electron chi connectivity index (χ1n) is 8.47. The molecule has 1 aliphatic heterocycles. The van der Waals surface area contributed by atoms with E-state index in [2.05, 4.69) is 5.32 Å². The molecule has 0 spiro atoms. The van der Waals surface area contributed by atoms with E-state index in [1.165, 1.54) is 24.7 Å². The van der Waals surface area contributed by atoms with Crippen molar-refractivity contribution in [3.8, 4) is 0 Å². The topological polar surface area (TPSA) is 62.6 Å². The molecule has 1 saturated heterocycles. The number of hydrogen-bond acceptors (Lipinski definition) is 3. The second-order valence-corrected chi connectivity index (χ2v) is 6.28. The summed E-state index contributed by atoms with van der Waals surface area (Å²) in [5, 5.41) is 3.01. The van der Waals surface area contributed by atoms with Gasteiger partial charge in [0.05, 0.1) is 11.8 Å². The maximum Gasteiger partial charge on any atom is 0.257 e. The summed E-state index contributed by atoms with van der Waals surface area (Å²) in [5.74, 6) is -0.360. The summed E-state index contributed by atoms with van der Waals surface area (Å²) in [5.41, 5.74) is 1.37. The molecule has 2 heterocycles. The zero-order valence-corrected chi connectivity index (χ0v) is 13.9. The highest BCUT2D eigenvalue weighted by molar-refractivity contribution is 5.93. The zero-order valence-electron chi connectivity index (χ0n) is 13.9. The number of nitrogens with one attached hydrogen (secondary N) is 1. The third-order valence-corrected chi connectivity index (χ3v) is 4.45. The highest BCUT2D eigenvalue weighted by Crippen LogP contribution is 2.15. The monoisotopic (exact) mass is 344 g/mol. The van der Waals surface area contributed by atoms with Gasteiger partial charge in [-0.15, -0.1) is 0 Å². The second kappa shape index (κ2) is 7.96. The third kappa shape index (κ3) is 4.68. The normalized spacial score (nSPS) is 15.2. The van der Waals surface area contributed by atoms with Gasteiger partial charge in [0.1, 0.15) is 12.1 Å². The van der Waals surface area contributed by atoms with Gasteiger partial charge in [-0.3, -0.25) is 9.59 Å². The number of furan rings is 1. The Morgan fingerprint density at radius 2 is 2.04 bits per heavy atom. The molecule has 0 atom stereocenters. The lowest BCUT2D eigenvalue weighted by Crippen LogP contribution is -2.46. The third-order valence-electron chi connectivity index (χ3n) is 4.45. The Kier molecular flexibility index (Phi) is 5.48. The van der Waals surface area contributed by atoms with E-state index in [9.17, 15) is 14.0 Å². The number of halogens is 1. The van der Waals surface area contributed by atoms with Crippen LogP contribution in [0.2, 0.25) is 0 Å². The minimum absolute atomic E-state index is 0.0374. The molecule has 2 amide bonds. The van der Waals surface area contributed by atoms with Crippen LogP contribution in [-0.2, 0) is 11.2 Å². The maximum atomic E-state index is 13.1. The van der Waals surface area contributed by atoms with Crippen LogP contribution < -0.4 is 5.32 Å². The van der Waals surface area contributed by atoms with Gasteiger partial charge >= 0.3 is 0 Å². The van der Waals surface area contributed by atoms with Crippen molar-refractivity contribution in [3.63, 3.8) is 0 Å². The first-order chi connectivity index (χ1) is 12.1. The number of rotatable bonds is 5. The Morgan fingerprint density at radius 3 is 2.72 bits per heavy atom. The smallest absolute Gasteiger partial charge is 0.257 e. The van der Waals surface area contributed by atoms with Crippen LogP contribution in [-0.4, -0.2) is 35.8 Å². The van der Waals surface area contributed by atoms with E-state index < -0.39 is 0 Å². The number of likely N-dealkylation sites (tertiary alicyclic amines) is 1. The van der Waals surface area contributed by atoms with E-state index in [0.29, 0.717) is 31.5 Å². The van der Waals surface area contributed by atoms with Crippen molar-refractivity contribution in [2.24, 2.45) is 0 Å². The van der Waals surface area contributed by atoms with Gasteiger partial charge in [0.25, 0.3) is 5.91 Å². The molecule has 0 bridgehead atoms. The van der Waals surface area contributed by atoms with Crippen LogP contribution >= 0.6 is 0 Å². The van der Waals surface area contributed by atoms with Crippen LogP contribution in [0.3, 0.4) is 0 Å². The number of amides is 2. The second-order valence-electron chi connectivity index (χ2n) is 6.28. The number of nitrogens with zero attached hydrogens (tertiary/aromatic N) is 1. The molecule has 0 radical (unpaired) electrons. The standard InChI is InChI=1S/C19H21FN2O3/c20-16-3-1-2-14(12-16)4-5-18(23)21-17-6-9-22(10-7-17)19(24)15-8-11-25-13-15/h1-3,8,11-13,17H,4-7,9-10H2,(H,21,23). The Bertz CT molecular complexity index is 722. The van der Waals surface area contributed by atoms with Gasteiger partial charge in [-0.25, -0.2) is 4.39 Å². The Balaban J connectivity index is 1.41. The van der Waals surface area contributed by atoms with E-state index in [0.717, 1.165) is 18.4 Å². The Hall–Kier alpha value is -2.63. The fourth-order valence-electron chi connectivity index (χ4n) is 3.05. The van der Waals surface area contributed by atoms with Crippen molar-refractivity contribution in [3.05, 3.63) is 59.8 Å². The summed E-state index contributed by atoms with van der Waals surface area (Å²) >= 11 is 0.